The van der Waals surface area contributed by atoms with E-state index >= 15 is 0 Å². The van der Waals surface area contributed by atoms with Crippen LogP contribution >= 0.6 is 0 Å². The molecule has 0 aromatic heterocycles. The summed E-state index contributed by atoms with van der Waals surface area (Å²) in [4.78, 5) is 19.4. The molecule has 0 saturated carbocycles. The molecular formula is C12H27N5O. The first-order valence-electron chi connectivity index (χ1n) is 6.42. The molecule has 0 bridgehead atoms. The van der Waals surface area contributed by atoms with Crippen molar-refractivity contribution in [1.82, 2.24) is 20.4 Å². The Morgan fingerprint density at radius 2 is 1.83 bits per heavy atom. The number of nitrogens with zero attached hydrogens (tertiary/aromatic N) is 3. The van der Waals surface area contributed by atoms with E-state index in [2.05, 4.69) is 34.5 Å². The zero-order valence-corrected chi connectivity index (χ0v) is 12.3. The highest BCUT2D eigenvalue weighted by Crippen LogP contribution is 1.82. The van der Waals surface area contributed by atoms with Crippen molar-refractivity contribution in [2.45, 2.75) is 13.8 Å². The summed E-state index contributed by atoms with van der Waals surface area (Å²) < 4.78 is 0. The van der Waals surface area contributed by atoms with Gasteiger partial charge in [0.25, 0.3) is 0 Å². The van der Waals surface area contributed by atoms with Crippen LogP contribution in [0.2, 0.25) is 0 Å². The van der Waals surface area contributed by atoms with Gasteiger partial charge >= 0.3 is 0 Å². The fraction of sp³-hybridized carbons (Fsp3) is 0.833. The molecule has 0 rings (SSSR count). The molecule has 0 aliphatic carbocycles. The predicted molar refractivity (Wildman–Crippen MR) is 75.8 cm³/mol. The van der Waals surface area contributed by atoms with Crippen LogP contribution in [0.15, 0.2) is 4.99 Å². The van der Waals surface area contributed by atoms with Crippen LogP contribution in [-0.2, 0) is 4.79 Å². The molecule has 0 radical (unpaired) electrons. The van der Waals surface area contributed by atoms with Crippen molar-refractivity contribution in [2.75, 3.05) is 53.9 Å². The van der Waals surface area contributed by atoms with Crippen LogP contribution in [-0.4, -0.2) is 75.5 Å². The number of hydrogen-bond donors (Lipinski definition) is 2. The number of amides is 1. The van der Waals surface area contributed by atoms with Crippen molar-refractivity contribution in [3.63, 3.8) is 0 Å². The summed E-state index contributed by atoms with van der Waals surface area (Å²) in [5.74, 6) is 0.690. The Morgan fingerprint density at radius 3 is 2.33 bits per heavy atom. The van der Waals surface area contributed by atoms with Gasteiger partial charge in [-0.3, -0.25) is 4.79 Å². The maximum Gasteiger partial charge on any atom is 0.243 e. The van der Waals surface area contributed by atoms with Gasteiger partial charge < -0.3 is 20.4 Å². The number of likely N-dealkylation sites (N-methyl/N-ethyl adjacent to an activating group) is 2. The lowest BCUT2D eigenvalue weighted by Crippen LogP contribution is -2.41. The summed E-state index contributed by atoms with van der Waals surface area (Å²) in [5, 5.41) is 6.32. The summed E-state index contributed by atoms with van der Waals surface area (Å²) in [6.07, 6.45) is 0. The van der Waals surface area contributed by atoms with E-state index < -0.39 is 0 Å². The number of aliphatic imine (C=N–C) groups is 1. The van der Waals surface area contributed by atoms with Crippen LogP contribution in [0.1, 0.15) is 13.8 Å². The van der Waals surface area contributed by atoms with Crippen LogP contribution < -0.4 is 10.6 Å². The molecule has 18 heavy (non-hydrogen) atoms. The summed E-state index contributed by atoms with van der Waals surface area (Å²) in [6.45, 7) is 7.86. The minimum atomic E-state index is -0.00196. The first-order chi connectivity index (χ1) is 8.51. The summed E-state index contributed by atoms with van der Waals surface area (Å²) in [7, 11) is 5.53. The maximum absolute atomic E-state index is 11.4. The van der Waals surface area contributed by atoms with Crippen molar-refractivity contribution in [2.24, 2.45) is 4.99 Å². The molecule has 0 aliphatic heterocycles. The third kappa shape index (κ3) is 7.89. The van der Waals surface area contributed by atoms with Gasteiger partial charge in [-0.25, -0.2) is 4.99 Å². The van der Waals surface area contributed by atoms with Crippen molar-refractivity contribution in [3.8, 4) is 0 Å². The zero-order chi connectivity index (χ0) is 14.0. The quantitative estimate of drug-likeness (QED) is 0.480. The number of guanidine groups is 1. The SMILES string of the molecule is CCNC(=NCC(=O)N(C)C)NCCN(C)CC. The Balaban J connectivity index is 4.12. The number of carbonyl (C=O) groups is 1. The molecule has 6 nitrogen and oxygen atoms in total. The van der Waals surface area contributed by atoms with Gasteiger partial charge in [-0.1, -0.05) is 6.92 Å². The number of hydrogen-bond acceptors (Lipinski definition) is 3. The Morgan fingerprint density at radius 1 is 1.17 bits per heavy atom. The molecular weight excluding hydrogens is 230 g/mol. The lowest BCUT2D eigenvalue weighted by atomic mass is 10.5. The van der Waals surface area contributed by atoms with E-state index in [1.807, 2.05) is 6.92 Å². The Kier molecular flexibility index (Phi) is 9.00. The lowest BCUT2D eigenvalue weighted by molar-refractivity contribution is -0.127. The number of carbonyl (C=O) groups excluding carboxylic acids is 1. The smallest absolute Gasteiger partial charge is 0.243 e. The van der Waals surface area contributed by atoms with E-state index in [0.29, 0.717) is 5.96 Å². The molecule has 0 unspecified atom stereocenters. The van der Waals surface area contributed by atoms with E-state index in [-0.39, 0.29) is 12.5 Å². The molecule has 0 aromatic carbocycles. The van der Waals surface area contributed by atoms with Crippen molar-refractivity contribution in [1.29, 1.82) is 0 Å². The fourth-order valence-electron chi connectivity index (χ4n) is 1.15. The molecule has 0 atom stereocenters. The average molecular weight is 257 g/mol. The highest BCUT2D eigenvalue weighted by atomic mass is 16.2. The Hall–Kier alpha value is -1.30. The third-order valence-electron chi connectivity index (χ3n) is 2.54. The van der Waals surface area contributed by atoms with E-state index in [0.717, 1.165) is 26.2 Å². The number of rotatable bonds is 7. The normalized spacial score (nSPS) is 11.6. The Labute approximate surface area is 110 Å². The van der Waals surface area contributed by atoms with Crippen LogP contribution in [0.4, 0.5) is 0 Å². The van der Waals surface area contributed by atoms with Gasteiger partial charge in [0.1, 0.15) is 6.54 Å². The number of nitrogens with one attached hydrogen (secondary N) is 2. The van der Waals surface area contributed by atoms with Gasteiger partial charge in [0.2, 0.25) is 5.91 Å². The minimum absolute atomic E-state index is 0.00196. The zero-order valence-electron chi connectivity index (χ0n) is 12.3. The van der Waals surface area contributed by atoms with Crippen molar-refractivity contribution >= 4 is 11.9 Å². The molecule has 0 aliphatic rings. The van der Waals surface area contributed by atoms with E-state index in [1.165, 1.54) is 4.90 Å². The van der Waals surface area contributed by atoms with Gasteiger partial charge in [0.15, 0.2) is 5.96 Å². The largest absolute Gasteiger partial charge is 0.357 e. The molecule has 106 valence electrons. The monoisotopic (exact) mass is 257 g/mol. The third-order valence-corrected chi connectivity index (χ3v) is 2.54. The molecule has 0 aromatic rings. The first kappa shape index (κ1) is 16.7. The average Bonchev–Trinajstić information content (AvgIpc) is 2.34. The van der Waals surface area contributed by atoms with Gasteiger partial charge in [0.05, 0.1) is 0 Å². The van der Waals surface area contributed by atoms with Gasteiger partial charge in [0, 0.05) is 33.7 Å². The Bertz CT molecular complexity index is 265. The predicted octanol–water partition coefficient (Wildman–Crippen LogP) is -0.419. The summed E-state index contributed by atoms with van der Waals surface area (Å²) in [6, 6.07) is 0. The second-order valence-electron chi connectivity index (χ2n) is 4.31. The minimum Gasteiger partial charge on any atom is -0.357 e. The van der Waals surface area contributed by atoms with E-state index in [4.69, 9.17) is 0 Å². The molecule has 1 amide bonds. The van der Waals surface area contributed by atoms with Crippen LogP contribution in [0.3, 0.4) is 0 Å². The lowest BCUT2D eigenvalue weighted by Gasteiger charge is -2.16. The first-order valence-corrected chi connectivity index (χ1v) is 6.42. The molecule has 0 heterocycles. The van der Waals surface area contributed by atoms with Crippen LogP contribution in [0.5, 0.6) is 0 Å². The maximum atomic E-state index is 11.4. The van der Waals surface area contributed by atoms with Gasteiger partial charge in [-0.15, -0.1) is 0 Å². The standard InChI is InChI=1S/C12H27N5O/c1-6-13-12(14-8-9-17(5)7-2)15-10-11(18)16(3)4/h6-10H2,1-5H3,(H2,13,14,15). The van der Waals surface area contributed by atoms with Crippen molar-refractivity contribution < 1.29 is 4.79 Å². The fourth-order valence-corrected chi connectivity index (χ4v) is 1.15. The second kappa shape index (κ2) is 9.70. The molecule has 6 heteroatoms. The van der Waals surface area contributed by atoms with Gasteiger partial charge in [-0.2, -0.15) is 0 Å². The molecule has 0 spiro atoms. The molecule has 0 saturated heterocycles. The van der Waals surface area contributed by atoms with E-state index in [9.17, 15) is 4.79 Å². The van der Waals surface area contributed by atoms with E-state index in [1.54, 1.807) is 14.1 Å². The highest BCUT2D eigenvalue weighted by Gasteiger charge is 2.03. The highest BCUT2D eigenvalue weighted by molar-refractivity contribution is 5.84. The van der Waals surface area contributed by atoms with Crippen LogP contribution in [0.25, 0.3) is 0 Å². The molecule has 0 fully saturated rings. The molecule has 2 N–H and O–H groups in total. The topological polar surface area (TPSA) is 60.0 Å². The van der Waals surface area contributed by atoms with Crippen LogP contribution in [0, 0.1) is 0 Å². The second-order valence-corrected chi connectivity index (χ2v) is 4.31. The summed E-state index contributed by atoms with van der Waals surface area (Å²) >= 11 is 0. The van der Waals surface area contributed by atoms with Gasteiger partial charge in [-0.05, 0) is 20.5 Å². The summed E-state index contributed by atoms with van der Waals surface area (Å²) in [5.41, 5.74) is 0. The van der Waals surface area contributed by atoms with Crippen molar-refractivity contribution in [3.05, 3.63) is 0 Å².